The van der Waals surface area contributed by atoms with Gasteiger partial charge in [-0.3, -0.25) is 15.2 Å². The van der Waals surface area contributed by atoms with Crippen molar-refractivity contribution in [3.63, 3.8) is 0 Å². The number of nitrogens with one attached hydrogen (secondary N) is 3. The quantitative estimate of drug-likeness (QED) is 0.626. The van der Waals surface area contributed by atoms with Gasteiger partial charge in [0.2, 0.25) is 10.0 Å². The van der Waals surface area contributed by atoms with E-state index in [0.29, 0.717) is 37.4 Å². The Morgan fingerprint density at radius 1 is 1.32 bits per heavy atom. The summed E-state index contributed by atoms with van der Waals surface area (Å²) in [5, 5.41) is 11.8. The van der Waals surface area contributed by atoms with Gasteiger partial charge < -0.3 is 9.73 Å². The summed E-state index contributed by atoms with van der Waals surface area (Å²) in [5.41, 5.74) is 0.206. The number of piperidine rings is 1. The lowest BCUT2D eigenvalue weighted by atomic mass is 9.94. The fraction of sp³-hybridized carbons (Fsp3) is 0.471. The van der Waals surface area contributed by atoms with E-state index in [-0.39, 0.29) is 5.92 Å². The average Bonchev–Trinajstić information content (AvgIpc) is 3.36. The zero-order chi connectivity index (χ0) is 19.9. The lowest BCUT2D eigenvalue weighted by Crippen LogP contribution is -2.53. The van der Waals surface area contributed by atoms with Gasteiger partial charge in [0.1, 0.15) is 11.2 Å². The second-order valence-corrected chi connectivity index (χ2v) is 9.32. The highest BCUT2D eigenvalue weighted by molar-refractivity contribution is 7.89. The lowest BCUT2D eigenvalue weighted by Gasteiger charge is -2.32. The standard InChI is InChI=1S/C17H21N5O5S/c1-17(15(23)18-16(24)19-17)10-28(25,26)22-6-4-11(5-7-22)12-9-13(21-20-12)14-3-2-8-27-14/h2-3,8-9,11H,4-7,10H2,1H3,(H,20,21)(H2,18,19,23,24). The van der Waals surface area contributed by atoms with Gasteiger partial charge in [-0.2, -0.15) is 5.10 Å². The van der Waals surface area contributed by atoms with E-state index in [2.05, 4.69) is 20.8 Å². The Kier molecular flexibility index (Phi) is 4.50. The molecule has 28 heavy (non-hydrogen) atoms. The summed E-state index contributed by atoms with van der Waals surface area (Å²) in [5.74, 6) is -0.256. The smallest absolute Gasteiger partial charge is 0.322 e. The van der Waals surface area contributed by atoms with E-state index in [4.69, 9.17) is 4.42 Å². The molecule has 11 heteroatoms. The first-order valence-electron chi connectivity index (χ1n) is 8.97. The molecule has 0 saturated carbocycles. The first-order chi connectivity index (χ1) is 13.3. The SMILES string of the molecule is CC1(CS(=O)(=O)N2CCC(c3cc(-c4ccco4)n[nH]3)CC2)NC(=O)NC1=O. The molecule has 10 nitrogen and oxygen atoms in total. The molecule has 4 heterocycles. The summed E-state index contributed by atoms with van der Waals surface area (Å²) in [4.78, 5) is 23.3. The van der Waals surface area contributed by atoms with Crippen LogP contribution in [0.25, 0.3) is 11.5 Å². The van der Waals surface area contributed by atoms with Gasteiger partial charge in [-0.25, -0.2) is 17.5 Å². The van der Waals surface area contributed by atoms with Crippen LogP contribution in [0.2, 0.25) is 0 Å². The Hall–Kier alpha value is -2.66. The van der Waals surface area contributed by atoms with Crippen molar-refractivity contribution < 1.29 is 22.4 Å². The summed E-state index contributed by atoms with van der Waals surface area (Å²) < 4.78 is 32.3. The van der Waals surface area contributed by atoms with E-state index >= 15 is 0 Å². The molecule has 4 rings (SSSR count). The van der Waals surface area contributed by atoms with Crippen LogP contribution in [-0.2, 0) is 14.8 Å². The van der Waals surface area contributed by atoms with Crippen LogP contribution in [0.4, 0.5) is 4.79 Å². The predicted octanol–water partition coefficient (Wildman–Crippen LogP) is 0.777. The number of hydrogen-bond donors (Lipinski definition) is 3. The van der Waals surface area contributed by atoms with Gasteiger partial charge in [0.15, 0.2) is 5.76 Å². The molecule has 0 aliphatic carbocycles. The summed E-state index contributed by atoms with van der Waals surface area (Å²) in [6, 6.07) is 4.87. The second kappa shape index (κ2) is 6.74. The third kappa shape index (κ3) is 3.42. The molecule has 0 spiro atoms. The number of sulfonamides is 1. The molecule has 0 radical (unpaired) electrons. The number of furan rings is 1. The number of aromatic amines is 1. The lowest BCUT2D eigenvalue weighted by molar-refractivity contribution is -0.122. The molecule has 2 aromatic heterocycles. The van der Waals surface area contributed by atoms with E-state index in [1.165, 1.54) is 11.2 Å². The summed E-state index contributed by atoms with van der Waals surface area (Å²) in [6.45, 7) is 2.10. The summed E-state index contributed by atoms with van der Waals surface area (Å²) in [6.07, 6.45) is 2.85. The Labute approximate surface area is 161 Å². The van der Waals surface area contributed by atoms with Crippen molar-refractivity contribution in [2.45, 2.75) is 31.2 Å². The van der Waals surface area contributed by atoms with Gasteiger partial charge in [0, 0.05) is 24.7 Å². The molecule has 1 unspecified atom stereocenters. The van der Waals surface area contributed by atoms with Crippen LogP contribution >= 0.6 is 0 Å². The maximum absolute atomic E-state index is 12.8. The average molecular weight is 407 g/mol. The Bertz CT molecular complexity index is 991. The molecule has 0 aromatic carbocycles. The minimum atomic E-state index is -3.70. The third-order valence-corrected chi connectivity index (χ3v) is 7.34. The fourth-order valence-electron chi connectivity index (χ4n) is 3.68. The molecule has 1 atom stereocenters. The highest BCUT2D eigenvalue weighted by atomic mass is 32.2. The zero-order valence-electron chi connectivity index (χ0n) is 15.3. The summed E-state index contributed by atoms with van der Waals surface area (Å²) >= 11 is 0. The number of rotatable bonds is 5. The van der Waals surface area contributed by atoms with Crippen molar-refractivity contribution in [1.29, 1.82) is 0 Å². The second-order valence-electron chi connectivity index (χ2n) is 7.36. The van der Waals surface area contributed by atoms with Gasteiger partial charge in [0.25, 0.3) is 5.91 Å². The molecular weight excluding hydrogens is 386 g/mol. The number of aromatic nitrogens is 2. The number of amides is 3. The molecule has 3 N–H and O–H groups in total. The highest BCUT2D eigenvalue weighted by Crippen LogP contribution is 2.31. The Morgan fingerprint density at radius 3 is 2.68 bits per heavy atom. The van der Waals surface area contributed by atoms with Crippen LogP contribution < -0.4 is 10.6 Å². The molecular formula is C17H21N5O5S. The normalized spacial score (nSPS) is 24.3. The zero-order valence-corrected chi connectivity index (χ0v) is 16.1. The number of hydrogen-bond acceptors (Lipinski definition) is 6. The van der Waals surface area contributed by atoms with E-state index in [9.17, 15) is 18.0 Å². The van der Waals surface area contributed by atoms with Crippen molar-refractivity contribution in [2.24, 2.45) is 0 Å². The largest absolute Gasteiger partial charge is 0.463 e. The topological polar surface area (TPSA) is 137 Å². The van der Waals surface area contributed by atoms with Crippen molar-refractivity contribution >= 4 is 22.0 Å². The van der Waals surface area contributed by atoms with Crippen LogP contribution in [-0.4, -0.2) is 59.2 Å². The summed E-state index contributed by atoms with van der Waals surface area (Å²) in [7, 11) is -3.70. The third-order valence-electron chi connectivity index (χ3n) is 5.25. The number of nitrogens with zero attached hydrogens (tertiary/aromatic N) is 2. The molecule has 2 fully saturated rings. The van der Waals surface area contributed by atoms with Crippen LogP contribution in [0.3, 0.4) is 0 Å². The highest BCUT2D eigenvalue weighted by Gasteiger charge is 2.46. The number of H-pyrrole nitrogens is 1. The van der Waals surface area contributed by atoms with Crippen molar-refractivity contribution in [3.05, 3.63) is 30.2 Å². The number of carbonyl (C=O) groups excluding carboxylic acids is 2. The van der Waals surface area contributed by atoms with E-state index in [1.54, 1.807) is 12.3 Å². The van der Waals surface area contributed by atoms with Gasteiger partial charge >= 0.3 is 6.03 Å². The minimum Gasteiger partial charge on any atom is -0.463 e. The van der Waals surface area contributed by atoms with Crippen molar-refractivity contribution in [1.82, 2.24) is 25.1 Å². The fourth-order valence-corrected chi connectivity index (χ4v) is 5.56. The van der Waals surface area contributed by atoms with Crippen molar-refractivity contribution in [3.8, 4) is 11.5 Å². The maximum Gasteiger partial charge on any atom is 0.322 e. The van der Waals surface area contributed by atoms with Gasteiger partial charge in [0.05, 0.1) is 12.0 Å². The van der Waals surface area contributed by atoms with Gasteiger partial charge in [-0.05, 0) is 38.0 Å². The van der Waals surface area contributed by atoms with Crippen molar-refractivity contribution in [2.75, 3.05) is 18.8 Å². The molecule has 2 aliphatic rings. The minimum absolute atomic E-state index is 0.160. The molecule has 3 amide bonds. The molecule has 150 valence electrons. The predicted molar refractivity (Wildman–Crippen MR) is 98.7 cm³/mol. The van der Waals surface area contributed by atoms with Crippen LogP contribution in [0, 0.1) is 0 Å². The number of urea groups is 1. The molecule has 0 bridgehead atoms. The molecule has 2 saturated heterocycles. The van der Waals surface area contributed by atoms with Gasteiger partial charge in [-0.1, -0.05) is 0 Å². The van der Waals surface area contributed by atoms with E-state index < -0.39 is 33.3 Å². The monoisotopic (exact) mass is 407 g/mol. The van der Waals surface area contributed by atoms with E-state index in [1.807, 2.05) is 12.1 Å². The number of carbonyl (C=O) groups is 2. The van der Waals surface area contributed by atoms with Crippen LogP contribution in [0.1, 0.15) is 31.4 Å². The molecule has 2 aromatic rings. The van der Waals surface area contributed by atoms with E-state index in [0.717, 1.165) is 5.69 Å². The number of imide groups is 1. The van der Waals surface area contributed by atoms with Crippen LogP contribution in [0.5, 0.6) is 0 Å². The first kappa shape index (κ1) is 18.7. The van der Waals surface area contributed by atoms with Gasteiger partial charge in [-0.15, -0.1) is 0 Å². The molecule has 2 aliphatic heterocycles. The maximum atomic E-state index is 12.8. The van der Waals surface area contributed by atoms with Crippen LogP contribution in [0.15, 0.2) is 28.9 Å². The first-order valence-corrected chi connectivity index (χ1v) is 10.6. The Morgan fingerprint density at radius 2 is 2.07 bits per heavy atom. The Balaban J connectivity index is 1.40.